The summed E-state index contributed by atoms with van der Waals surface area (Å²) < 4.78 is 5.74. The Morgan fingerprint density at radius 1 is 1.18 bits per heavy atom. The first-order chi connectivity index (χ1) is 10.8. The Labute approximate surface area is 131 Å². The van der Waals surface area contributed by atoms with Gasteiger partial charge in [-0.3, -0.25) is 4.90 Å². The normalized spacial score (nSPS) is 28.1. The minimum atomic E-state index is 0.195. The third-order valence-corrected chi connectivity index (χ3v) is 5.45. The molecule has 2 fully saturated rings. The Balaban J connectivity index is 1.62. The van der Waals surface area contributed by atoms with Crippen molar-refractivity contribution in [1.29, 1.82) is 0 Å². The van der Waals surface area contributed by atoms with Gasteiger partial charge in [-0.05, 0) is 24.3 Å². The van der Waals surface area contributed by atoms with Crippen LogP contribution in [-0.2, 0) is 18.5 Å². The molecule has 22 heavy (non-hydrogen) atoms. The molecule has 2 aromatic rings. The lowest BCUT2D eigenvalue weighted by Gasteiger charge is -2.61. The molecule has 0 amide bonds. The molecular formula is C18H23N3O. The molecule has 0 N–H and O–H groups in total. The van der Waals surface area contributed by atoms with Gasteiger partial charge in [0.25, 0.3) is 0 Å². The molecule has 0 radical (unpaired) electrons. The summed E-state index contributed by atoms with van der Waals surface area (Å²) in [5.41, 5.74) is 1.65. The Morgan fingerprint density at radius 3 is 2.73 bits per heavy atom. The van der Waals surface area contributed by atoms with Gasteiger partial charge in [-0.2, -0.15) is 0 Å². The maximum atomic E-state index is 5.74. The van der Waals surface area contributed by atoms with Crippen molar-refractivity contribution in [2.45, 2.75) is 51.1 Å². The fourth-order valence-corrected chi connectivity index (χ4v) is 4.36. The molecule has 1 saturated heterocycles. The minimum absolute atomic E-state index is 0.195. The van der Waals surface area contributed by atoms with Crippen LogP contribution >= 0.6 is 0 Å². The van der Waals surface area contributed by atoms with Crippen LogP contribution in [0.4, 0.5) is 0 Å². The van der Waals surface area contributed by atoms with Gasteiger partial charge < -0.3 is 4.42 Å². The molecule has 1 aromatic heterocycles. The molecule has 4 heteroatoms. The number of nitrogens with zero attached hydrogens (tertiary/aromatic N) is 3. The number of aryl methyl sites for hydroxylation is 1. The number of likely N-dealkylation sites (tertiary alicyclic amines) is 1. The van der Waals surface area contributed by atoms with Gasteiger partial charge in [-0.25, -0.2) is 0 Å². The molecule has 1 aliphatic heterocycles. The summed E-state index contributed by atoms with van der Waals surface area (Å²) in [6, 6.07) is 11.0. The number of rotatable bonds is 4. The van der Waals surface area contributed by atoms with E-state index >= 15 is 0 Å². The molecule has 116 valence electrons. The molecule has 2 unspecified atom stereocenters. The molecule has 2 aliphatic rings. The van der Waals surface area contributed by atoms with Crippen LogP contribution in [0.3, 0.4) is 0 Å². The standard InChI is InChI=1S/C18H23N3O/c1-2-16-19-20-17(22-16)13-21-12-15-10-6-7-11-18(15,21)14-8-4-3-5-9-14/h3-5,8-9,15H,2,6-7,10-13H2,1H3. The van der Waals surface area contributed by atoms with E-state index in [1.807, 2.05) is 6.92 Å². The van der Waals surface area contributed by atoms with E-state index in [9.17, 15) is 0 Å². The second kappa shape index (κ2) is 5.51. The Kier molecular flexibility index (Phi) is 3.49. The lowest BCUT2D eigenvalue weighted by atomic mass is 9.62. The first kappa shape index (κ1) is 13.9. The maximum absolute atomic E-state index is 5.74. The zero-order valence-electron chi connectivity index (χ0n) is 13.2. The lowest BCUT2D eigenvalue weighted by molar-refractivity contribution is -0.124. The van der Waals surface area contributed by atoms with E-state index in [2.05, 4.69) is 45.4 Å². The van der Waals surface area contributed by atoms with Gasteiger partial charge in [0.1, 0.15) is 0 Å². The molecule has 2 atom stereocenters. The van der Waals surface area contributed by atoms with Crippen molar-refractivity contribution >= 4 is 0 Å². The monoisotopic (exact) mass is 297 g/mol. The summed E-state index contributed by atoms with van der Waals surface area (Å²) in [4.78, 5) is 2.55. The molecule has 4 rings (SSSR count). The molecule has 0 spiro atoms. The zero-order chi connectivity index (χ0) is 15.0. The quantitative estimate of drug-likeness (QED) is 0.865. The van der Waals surface area contributed by atoms with E-state index in [1.165, 1.54) is 31.2 Å². The highest BCUT2D eigenvalue weighted by Crippen LogP contribution is 2.54. The van der Waals surface area contributed by atoms with Crippen LogP contribution in [0.5, 0.6) is 0 Å². The average molecular weight is 297 g/mol. The van der Waals surface area contributed by atoms with Gasteiger partial charge in [-0.1, -0.05) is 50.1 Å². The fourth-order valence-electron chi connectivity index (χ4n) is 4.36. The molecule has 1 aromatic carbocycles. The second-order valence-electron chi connectivity index (χ2n) is 6.56. The average Bonchev–Trinajstić information content (AvgIpc) is 3.01. The predicted molar refractivity (Wildman–Crippen MR) is 84.2 cm³/mol. The Morgan fingerprint density at radius 2 is 2.00 bits per heavy atom. The molecule has 4 nitrogen and oxygen atoms in total. The summed E-state index contributed by atoms with van der Waals surface area (Å²) in [6.45, 7) is 3.97. The van der Waals surface area contributed by atoms with Crippen molar-refractivity contribution in [2.24, 2.45) is 5.92 Å². The van der Waals surface area contributed by atoms with Crippen LogP contribution < -0.4 is 0 Å². The van der Waals surface area contributed by atoms with E-state index in [0.29, 0.717) is 0 Å². The highest BCUT2D eigenvalue weighted by atomic mass is 16.4. The summed E-state index contributed by atoms with van der Waals surface area (Å²) in [5.74, 6) is 2.28. The third-order valence-electron chi connectivity index (χ3n) is 5.45. The highest BCUT2D eigenvalue weighted by molar-refractivity contribution is 5.30. The van der Waals surface area contributed by atoms with Gasteiger partial charge in [0.15, 0.2) is 0 Å². The van der Waals surface area contributed by atoms with Gasteiger partial charge in [0, 0.05) is 13.0 Å². The van der Waals surface area contributed by atoms with Crippen molar-refractivity contribution in [3.63, 3.8) is 0 Å². The highest BCUT2D eigenvalue weighted by Gasteiger charge is 2.55. The van der Waals surface area contributed by atoms with Crippen LogP contribution in [-0.4, -0.2) is 21.6 Å². The Hall–Kier alpha value is -1.68. The third kappa shape index (κ3) is 2.09. The van der Waals surface area contributed by atoms with E-state index in [-0.39, 0.29) is 5.54 Å². The van der Waals surface area contributed by atoms with Crippen LogP contribution in [0, 0.1) is 5.92 Å². The fraction of sp³-hybridized carbons (Fsp3) is 0.556. The SMILES string of the molecule is CCc1nnc(CN2CC3CCCCC32c2ccccc2)o1. The Bertz CT molecular complexity index is 639. The number of hydrogen-bond donors (Lipinski definition) is 0. The number of hydrogen-bond acceptors (Lipinski definition) is 4. The summed E-state index contributed by atoms with van der Waals surface area (Å²) >= 11 is 0. The number of aromatic nitrogens is 2. The molecule has 1 aliphatic carbocycles. The van der Waals surface area contributed by atoms with Gasteiger partial charge in [0.05, 0.1) is 12.1 Å². The smallest absolute Gasteiger partial charge is 0.230 e. The molecular weight excluding hydrogens is 274 g/mol. The van der Waals surface area contributed by atoms with Crippen molar-refractivity contribution in [2.75, 3.05) is 6.54 Å². The number of benzene rings is 1. The maximum Gasteiger partial charge on any atom is 0.230 e. The van der Waals surface area contributed by atoms with E-state index in [1.54, 1.807) is 0 Å². The first-order valence-electron chi connectivity index (χ1n) is 8.45. The zero-order valence-corrected chi connectivity index (χ0v) is 13.2. The largest absolute Gasteiger partial charge is 0.424 e. The van der Waals surface area contributed by atoms with Crippen LogP contribution in [0.1, 0.15) is 50.0 Å². The first-order valence-corrected chi connectivity index (χ1v) is 8.45. The summed E-state index contributed by atoms with van der Waals surface area (Å²) in [5, 5.41) is 8.32. The van der Waals surface area contributed by atoms with E-state index in [4.69, 9.17) is 4.42 Å². The molecule has 2 heterocycles. The summed E-state index contributed by atoms with van der Waals surface area (Å²) in [7, 11) is 0. The molecule has 1 saturated carbocycles. The van der Waals surface area contributed by atoms with Crippen molar-refractivity contribution in [1.82, 2.24) is 15.1 Å². The van der Waals surface area contributed by atoms with E-state index < -0.39 is 0 Å². The minimum Gasteiger partial charge on any atom is -0.424 e. The van der Waals surface area contributed by atoms with Gasteiger partial charge >= 0.3 is 0 Å². The van der Waals surface area contributed by atoms with Crippen molar-refractivity contribution < 1.29 is 4.42 Å². The topological polar surface area (TPSA) is 42.2 Å². The van der Waals surface area contributed by atoms with Crippen molar-refractivity contribution in [3.8, 4) is 0 Å². The van der Waals surface area contributed by atoms with E-state index in [0.717, 1.165) is 37.2 Å². The van der Waals surface area contributed by atoms with Crippen LogP contribution in [0.15, 0.2) is 34.7 Å². The van der Waals surface area contributed by atoms with Crippen molar-refractivity contribution in [3.05, 3.63) is 47.7 Å². The van der Waals surface area contributed by atoms with Gasteiger partial charge in [-0.15, -0.1) is 10.2 Å². The van der Waals surface area contributed by atoms with Gasteiger partial charge in [0.2, 0.25) is 11.8 Å². The van der Waals surface area contributed by atoms with Crippen LogP contribution in [0.2, 0.25) is 0 Å². The number of fused-ring (bicyclic) bond motifs is 1. The second-order valence-corrected chi connectivity index (χ2v) is 6.56. The predicted octanol–water partition coefficient (Wildman–Crippen LogP) is 3.53. The van der Waals surface area contributed by atoms with Crippen LogP contribution in [0.25, 0.3) is 0 Å². The lowest BCUT2D eigenvalue weighted by Crippen LogP contribution is -2.65. The summed E-state index contributed by atoms with van der Waals surface area (Å²) in [6.07, 6.45) is 6.07. The molecule has 0 bridgehead atoms.